The Morgan fingerprint density at radius 3 is 2.33 bits per heavy atom. The molecule has 0 aliphatic heterocycles. The van der Waals surface area contributed by atoms with Crippen LogP contribution < -0.4 is 9.62 Å². The van der Waals surface area contributed by atoms with Crippen LogP contribution in [0.1, 0.15) is 49.8 Å². The van der Waals surface area contributed by atoms with E-state index >= 15 is 0 Å². The Bertz CT molecular complexity index is 1190. The minimum Gasteiger partial charge on any atom is -0.355 e. The van der Waals surface area contributed by atoms with Crippen LogP contribution in [0.25, 0.3) is 0 Å². The second-order valence-electron chi connectivity index (χ2n) is 8.75. The third-order valence-electron chi connectivity index (χ3n) is 6.07. The number of aryl methyl sites for hydroxylation is 1. The Morgan fingerprint density at radius 2 is 1.75 bits per heavy atom. The summed E-state index contributed by atoms with van der Waals surface area (Å²) >= 11 is 12.2. The second kappa shape index (κ2) is 13.3. The number of nitrogens with one attached hydrogen (secondary N) is 1. The molecular weight excluding hydrogens is 521 g/mol. The molecule has 1 atom stereocenters. The van der Waals surface area contributed by atoms with Gasteiger partial charge >= 0.3 is 0 Å². The average Bonchev–Trinajstić information content (AvgIpc) is 2.80. The zero-order valence-corrected chi connectivity index (χ0v) is 23.8. The Kier molecular flexibility index (Phi) is 11.1. The predicted molar refractivity (Wildman–Crippen MR) is 147 cm³/mol. The Hall–Kier alpha value is -2.29. The van der Waals surface area contributed by atoms with Crippen LogP contribution in [0.4, 0.5) is 5.69 Å². The van der Waals surface area contributed by atoms with Crippen LogP contribution in [-0.4, -0.2) is 50.5 Å². The number of halogens is 2. The lowest BCUT2D eigenvalue weighted by atomic mass is 10.1. The van der Waals surface area contributed by atoms with Gasteiger partial charge in [0, 0.05) is 26.1 Å². The third kappa shape index (κ3) is 7.85. The van der Waals surface area contributed by atoms with Crippen molar-refractivity contribution in [2.24, 2.45) is 0 Å². The number of likely N-dealkylation sites (N-methyl/N-ethyl adjacent to an activating group) is 1. The zero-order chi connectivity index (χ0) is 27.0. The topological polar surface area (TPSA) is 86.8 Å². The molecule has 2 amide bonds. The van der Waals surface area contributed by atoms with Gasteiger partial charge in [-0.3, -0.25) is 13.9 Å². The average molecular weight is 557 g/mol. The summed E-state index contributed by atoms with van der Waals surface area (Å²) in [6, 6.07) is 9.95. The molecule has 2 rings (SSSR count). The summed E-state index contributed by atoms with van der Waals surface area (Å²) in [5, 5.41) is 3.57. The fourth-order valence-electron chi connectivity index (χ4n) is 4.03. The predicted octanol–water partition coefficient (Wildman–Crippen LogP) is 5.10. The van der Waals surface area contributed by atoms with Crippen molar-refractivity contribution in [1.82, 2.24) is 10.2 Å². The van der Waals surface area contributed by atoms with Crippen LogP contribution >= 0.6 is 23.2 Å². The highest BCUT2D eigenvalue weighted by Gasteiger charge is 2.29. The van der Waals surface area contributed by atoms with Crippen molar-refractivity contribution in [3.8, 4) is 0 Å². The van der Waals surface area contributed by atoms with E-state index in [9.17, 15) is 18.0 Å². The maximum Gasteiger partial charge on any atom is 0.242 e. The van der Waals surface area contributed by atoms with E-state index in [0.29, 0.717) is 35.1 Å². The van der Waals surface area contributed by atoms with Gasteiger partial charge in [0.25, 0.3) is 0 Å². The SMILES string of the molecule is CCNC(=O)C(CC)N(Cc1ccc(Cl)c(Cl)c1)C(=O)CCCN(c1cccc(C)c1C)S(C)(=O)=O. The maximum absolute atomic E-state index is 13.4. The van der Waals surface area contributed by atoms with Crippen LogP contribution in [0, 0.1) is 13.8 Å². The van der Waals surface area contributed by atoms with Gasteiger partial charge < -0.3 is 10.2 Å². The molecule has 0 heterocycles. The molecular formula is C26H35Cl2N3O4S. The summed E-state index contributed by atoms with van der Waals surface area (Å²) in [4.78, 5) is 27.7. The lowest BCUT2D eigenvalue weighted by Gasteiger charge is -2.31. The first-order valence-corrected chi connectivity index (χ1v) is 14.6. The number of benzene rings is 2. The van der Waals surface area contributed by atoms with E-state index in [-0.39, 0.29) is 31.3 Å². The van der Waals surface area contributed by atoms with Gasteiger partial charge in [0.05, 0.1) is 22.0 Å². The van der Waals surface area contributed by atoms with Gasteiger partial charge in [-0.05, 0) is 68.5 Å². The number of hydrogen-bond acceptors (Lipinski definition) is 4. The number of rotatable bonds is 12. The Balaban J connectivity index is 2.26. The highest BCUT2D eigenvalue weighted by molar-refractivity contribution is 7.92. The number of sulfonamides is 1. The van der Waals surface area contributed by atoms with E-state index in [1.807, 2.05) is 39.8 Å². The summed E-state index contributed by atoms with van der Waals surface area (Å²) in [6.07, 6.45) is 1.96. The molecule has 7 nitrogen and oxygen atoms in total. The quantitative estimate of drug-likeness (QED) is 0.394. The summed E-state index contributed by atoms with van der Waals surface area (Å²) in [7, 11) is -3.56. The standard InChI is InChI=1S/C26H35Cl2N3O4S/c1-6-23(26(33)29-7-2)30(17-20-13-14-21(27)22(28)16-20)25(32)12-9-15-31(36(5,34)35)24-11-8-10-18(3)19(24)4/h8,10-11,13-14,16,23H,6-7,9,12,15,17H2,1-5H3,(H,29,33). The van der Waals surface area contributed by atoms with E-state index in [0.717, 1.165) is 22.9 Å². The molecule has 36 heavy (non-hydrogen) atoms. The number of hydrogen-bond donors (Lipinski definition) is 1. The van der Waals surface area contributed by atoms with Gasteiger partial charge in [-0.25, -0.2) is 8.42 Å². The molecule has 10 heteroatoms. The minimum absolute atomic E-state index is 0.0775. The van der Waals surface area contributed by atoms with Gasteiger partial charge in [-0.15, -0.1) is 0 Å². The fourth-order valence-corrected chi connectivity index (χ4v) is 5.37. The Morgan fingerprint density at radius 1 is 1.06 bits per heavy atom. The lowest BCUT2D eigenvalue weighted by molar-refractivity contribution is -0.141. The Labute approximate surface area is 224 Å². The van der Waals surface area contributed by atoms with Crippen molar-refractivity contribution in [2.45, 2.75) is 59.5 Å². The van der Waals surface area contributed by atoms with E-state index in [1.165, 1.54) is 9.21 Å². The number of amides is 2. The molecule has 0 fully saturated rings. The first kappa shape index (κ1) is 29.9. The molecule has 0 saturated carbocycles. The second-order valence-corrected chi connectivity index (χ2v) is 11.5. The van der Waals surface area contributed by atoms with Crippen molar-refractivity contribution in [2.75, 3.05) is 23.7 Å². The van der Waals surface area contributed by atoms with Gasteiger partial charge in [0.2, 0.25) is 21.8 Å². The molecule has 0 aromatic heterocycles. The molecule has 1 unspecified atom stereocenters. The largest absolute Gasteiger partial charge is 0.355 e. The van der Waals surface area contributed by atoms with Crippen molar-refractivity contribution >= 4 is 50.7 Å². The molecule has 0 spiro atoms. The van der Waals surface area contributed by atoms with E-state index < -0.39 is 16.1 Å². The van der Waals surface area contributed by atoms with Crippen molar-refractivity contribution in [1.29, 1.82) is 0 Å². The highest BCUT2D eigenvalue weighted by atomic mass is 35.5. The van der Waals surface area contributed by atoms with Gasteiger partial charge in [0.1, 0.15) is 6.04 Å². The molecule has 0 radical (unpaired) electrons. The van der Waals surface area contributed by atoms with Crippen molar-refractivity contribution < 1.29 is 18.0 Å². The molecule has 0 aliphatic rings. The van der Waals surface area contributed by atoms with Gasteiger partial charge in [0.15, 0.2) is 0 Å². The van der Waals surface area contributed by atoms with Crippen LogP contribution in [0.2, 0.25) is 10.0 Å². The molecule has 0 aliphatic carbocycles. The monoisotopic (exact) mass is 555 g/mol. The summed E-state index contributed by atoms with van der Waals surface area (Å²) in [6.45, 7) is 8.25. The maximum atomic E-state index is 13.4. The highest BCUT2D eigenvalue weighted by Crippen LogP contribution is 2.26. The minimum atomic E-state index is -3.56. The summed E-state index contributed by atoms with van der Waals surface area (Å²) in [5.41, 5.74) is 3.20. The molecule has 2 aromatic carbocycles. The molecule has 1 N–H and O–H groups in total. The summed E-state index contributed by atoms with van der Waals surface area (Å²) < 4.78 is 26.5. The van der Waals surface area contributed by atoms with Gasteiger partial charge in [-0.2, -0.15) is 0 Å². The summed E-state index contributed by atoms with van der Waals surface area (Å²) in [5.74, 6) is -0.477. The van der Waals surface area contributed by atoms with Crippen molar-refractivity contribution in [3.05, 3.63) is 63.1 Å². The van der Waals surface area contributed by atoms with Crippen LogP contribution in [-0.2, 0) is 26.2 Å². The van der Waals surface area contributed by atoms with E-state index in [2.05, 4.69) is 5.32 Å². The third-order valence-corrected chi connectivity index (χ3v) is 7.99. The zero-order valence-electron chi connectivity index (χ0n) is 21.5. The molecule has 2 aromatic rings. The van der Waals surface area contributed by atoms with E-state index in [1.54, 1.807) is 24.3 Å². The first-order chi connectivity index (χ1) is 16.9. The van der Waals surface area contributed by atoms with Crippen LogP contribution in [0.5, 0.6) is 0 Å². The smallest absolute Gasteiger partial charge is 0.242 e. The number of carbonyl (C=O) groups excluding carboxylic acids is 2. The number of carbonyl (C=O) groups is 2. The molecule has 0 saturated heterocycles. The molecule has 0 bridgehead atoms. The van der Waals surface area contributed by atoms with E-state index in [4.69, 9.17) is 23.2 Å². The number of anilines is 1. The van der Waals surface area contributed by atoms with Gasteiger partial charge in [-0.1, -0.05) is 48.3 Å². The van der Waals surface area contributed by atoms with Crippen LogP contribution in [0.3, 0.4) is 0 Å². The normalized spacial score (nSPS) is 12.2. The lowest BCUT2D eigenvalue weighted by Crippen LogP contribution is -2.49. The first-order valence-electron chi connectivity index (χ1n) is 12.0. The van der Waals surface area contributed by atoms with Crippen LogP contribution in [0.15, 0.2) is 36.4 Å². The fraction of sp³-hybridized carbons (Fsp3) is 0.462. The molecule has 198 valence electrons. The number of nitrogens with zero attached hydrogens (tertiary/aromatic N) is 2. The van der Waals surface area contributed by atoms with Crippen molar-refractivity contribution in [3.63, 3.8) is 0 Å².